The van der Waals surface area contributed by atoms with Gasteiger partial charge in [0.05, 0.1) is 18.0 Å². The molecule has 4 nitrogen and oxygen atoms in total. The first-order valence-electron chi connectivity index (χ1n) is 6.94. The highest BCUT2D eigenvalue weighted by Gasteiger charge is 2.05. The second-order valence-corrected chi connectivity index (χ2v) is 4.92. The van der Waals surface area contributed by atoms with E-state index < -0.39 is 0 Å². The van der Waals surface area contributed by atoms with Gasteiger partial charge in [0, 0.05) is 24.0 Å². The summed E-state index contributed by atoms with van der Waals surface area (Å²) in [6.45, 7) is 5.01. The van der Waals surface area contributed by atoms with E-state index in [1.54, 1.807) is 16.9 Å². The van der Waals surface area contributed by atoms with Crippen LogP contribution in [0.4, 0.5) is 5.69 Å². The molecule has 0 spiro atoms. The summed E-state index contributed by atoms with van der Waals surface area (Å²) in [5.41, 5.74) is 5.24. The summed E-state index contributed by atoms with van der Waals surface area (Å²) in [5, 5.41) is 7.71. The molecule has 2 heterocycles. The van der Waals surface area contributed by atoms with Crippen LogP contribution in [-0.4, -0.2) is 21.1 Å². The summed E-state index contributed by atoms with van der Waals surface area (Å²) < 4.78 is 1.80. The third kappa shape index (κ3) is 2.79. The molecule has 4 heteroatoms. The molecule has 0 bridgehead atoms. The van der Waals surface area contributed by atoms with E-state index in [1.807, 2.05) is 12.1 Å². The first-order valence-corrected chi connectivity index (χ1v) is 6.94. The van der Waals surface area contributed by atoms with Crippen LogP contribution in [-0.2, 0) is 0 Å². The van der Waals surface area contributed by atoms with Crippen LogP contribution < -0.4 is 5.32 Å². The Hall–Kier alpha value is -2.62. The molecule has 0 saturated heterocycles. The number of anilines is 1. The predicted molar refractivity (Wildman–Crippen MR) is 85.2 cm³/mol. The Morgan fingerprint density at radius 2 is 2.29 bits per heavy atom. The van der Waals surface area contributed by atoms with Crippen LogP contribution in [0.2, 0.25) is 0 Å². The summed E-state index contributed by atoms with van der Waals surface area (Å²) in [5.74, 6) is 0. The van der Waals surface area contributed by atoms with Crippen molar-refractivity contribution < 1.29 is 0 Å². The van der Waals surface area contributed by atoms with Gasteiger partial charge in [-0.05, 0) is 32.0 Å². The minimum atomic E-state index is 0.732. The average molecular weight is 277 g/mol. The molecule has 0 amide bonds. The average Bonchev–Trinajstić information content (AvgIpc) is 3.01. The monoisotopic (exact) mass is 277 g/mol. The topological polar surface area (TPSA) is 42.2 Å². The van der Waals surface area contributed by atoms with E-state index in [0.717, 1.165) is 29.1 Å². The van der Waals surface area contributed by atoms with Crippen LogP contribution in [0.25, 0.3) is 16.9 Å². The second kappa shape index (κ2) is 5.79. The molecule has 0 fully saturated rings. The van der Waals surface area contributed by atoms with Gasteiger partial charge < -0.3 is 5.32 Å². The Morgan fingerprint density at radius 1 is 1.38 bits per heavy atom. The van der Waals surface area contributed by atoms with Crippen LogP contribution in [0.3, 0.4) is 0 Å². The van der Waals surface area contributed by atoms with E-state index in [9.17, 15) is 0 Å². The molecule has 1 N–H and O–H groups in total. The maximum Gasteiger partial charge on any atom is 0.163 e. The number of nitrogens with one attached hydrogen (secondary N) is 1. The highest BCUT2D eigenvalue weighted by Crippen LogP contribution is 2.22. The van der Waals surface area contributed by atoms with Crippen molar-refractivity contribution >= 4 is 11.3 Å². The zero-order valence-corrected chi connectivity index (χ0v) is 12.2. The maximum atomic E-state index is 4.28. The van der Waals surface area contributed by atoms with Gasteiger partial charge in [-0.2, -0.15) is 5.10 Å². The summed E-state index contributed by atoms with van der Waals surface area (Å²) in [6.07, 6.45) is 5.54. The zero-order chi connectivity index (χ0) is 14.7. The maximum absolute atomic E-state index is 4.28. The minimum Gasteiger partial charge on any atom is -0.381 e. The molecule has 0 atom stereocenters. The van der Waals surface area contributed by atoms with Gasteiger partial charge >= 0.3 is 0 Å². The van der Waals surface area contributed by atoms with Crippen molar-refractivity contribution in [3.8, 4) is 11.3 Å². The lowest BCUT2D eigenvalue weighted by atomic mass is 10.1. The van der Waals surface area contributed by atoms with E-state index in [4.69, 9.17) is 0 Å². The van der Waals surface area contributed by atoms with Gasteiger partial charge in [-0.1, -0.05) is 23.8 Å². The van der Waals surface area contributed by atoms with E-state index in [1.165, 1.54) is 5.57 Å². The number of hydrogen-bond acceptors (Lipinski definition) is 3. The smallest absolute Gasteiger partial charge is 0.163 e. The van der Waals surface area contributed by atoms with Crippen LogP contribution >= 0.6 is 0 Å². The highest BCUT2D eigenvalue weighted by atomic mass is 15.2. The van der Waals surface area contributed by atoms with Gasteiger partial charge in [0.25, 0.3) is 0 Å². The number of benzene rings is 1. The molecule has 0 unspecified atom stereocenters. The predicted octanol–water partition coefficient (Wildman–Crippen LogP) is 3.57. The van der Waals surface area contributed by atoms with Crippen molar-refractivity contribution in [1.82, 2.24) is 14.6 Å². The number of hydrogen-bond donors (Lipinski definition) is 1. The lowest BCUT2D eigenvalue weighted by Gasteiger charge is -2.09. The fourth-order valence-corrected chi connectivity index (χ4v) is 2.13. The van der Waals surface area contributed by atoms with E-state index in [2.05, 4.69) is 59.6 Å². The molecule has 1 aromatic carbocycles. The van der Waals surface area contributed by atoms with Gasteiger partial charge in [0.2, 0.25) is 0 Å². The van der Waals surface area contributed by atoms with Crippen molar-refractivity contribution in [3.63, 3.8) is 0 Å². The largest absolute Gasteiger partial charge is 0.381 e. The van der Waals surface area contributed by atoms with E-state index in [0.29, 0.717) is 0 Å². The first-order chi connectivity index (χ1) is 10.3. The minimum absolute atomic E-state index is 0.732. The van der Waals surface area contributed by atoms with Crippen LogP contribution in [0, 0.1) is 6.07 Å². The molecule has 0 aliphatic rings. The quantitative estimate of drug-likeness (QED) is 0.741. The van der Waals surface area contributed by atoms with Gasteiger partial charge in [-0.3, -0.25) is 0 Å². The Bertz CT molecular complexity index is 786. The Labute approximate surface area is 124 Å². The number of nitrogens with zero attached hydrogens (tertiary/aromatic N) is 3. The Kier molecular flexibility index (Phi) is 3.69. The van der Waals surface area contributed by atoms with Crippen LogP contribution in [0.1, 0.15) is 13.8 Å². The lowest BCUT2D eigenvalue weighted by Crippen LogP contribution is -2.03. The van der Waals surface area contributed by atoms with Crippen molar-refractivity contribution in [2.24, 2.45) is 0 Å². The third-order valence-corrected chi connectivity index (χ3v) is 3.45. The third-order valence-electron chi connectivity index (χ3n) is 3.45. The zero-order valence-electron chi connectivity index (χ0n) is 12.2. The Morgan fingerprint density at radius 3 is 3.14 bits per heavy atom. The van der Waals surface area contributed by atoms with Crippen LogP contribution in [0.5, 0.6) is 0 Å². The second-order valence-electron chi connectivity index (χ2n) is 4.92. The van der Waals surface area contributed by atoms with Crippen molar-refractivity contribution in [2.75, 3.05) is 11.9 Å². The van der Waals surface area contributed by atoms with Crippen molar-refractivity contribution in [3.05, 3.63) is 60.4 Å². The number of rotatable bonds is 4. The fraction of sp³-hybridized carbons (Fsp3) is 0.176. The lowest BCUT2D eigenvalue weighted by molar-refractivity contribution is 0.948. The van der Waals surface area contributed by atoms with Gasteiger partial charge in [-0.25, -0.2) is 9.50 Å². The molecule has 2 aromatic heterocycles. The number of allylic oxidation sites excluding steroid dienone is 1. The molecule has 3 rings (SSSR count). The fourth-order valence-electron chi connectivity index (χ4n) is 2.13. The number of aromatic nitrogens is 3. The van der Waals surface area contributed by atoms with Crippen molar-refractivity contribution in [1.29, 1.82) is 0 Å². The molecule has 0 aliphatic carbocycles. The molecule has 0 saturated carbocycles. The van der Waals surface area contributed by atoms with E-state index in [-0.39, 0.29) is 0 Å². The standard InChI is InChI=1S/C17H17N4/c1-3-13(2)12-19-15-6-4-5-14(11-15)16-7-9-18-17-8-10-20-21(16)17/h3-7,9-11,19H,12H2,1-2H3/b13-3+. The van der Waals surface area contributed by atoms with Gasteiger partial charge in [0.1, 0.15) is 0 Å². The summed E-state index contributed by atoms with van der Waals surface area (Å²) in [7, 11) is 0. The summed E-state index contributed by atoms with van der Waals surface area (Å²) in [4.78, 5) is 4.24. The molecule has 0 aliphatic heterocycles. The highest BCUT2D eigenvalue weighted by molar-refractivity contribution is 5.67. The molecule has 1 radical (unpaired) electrons. The van der Waals surface area contributed by atoms with Gasteiger partial charge in [0.15, 0.2) is 5.65 Å². The SMILES string of the molecule is C/C=C(\C)CNc1cccc(-c2ccnc3[c]cnn23)c1. The summed E-state index contributed by atoms with van der Waals surface area (Å²) in [6, 6.07) is 13.3. The normalized spacial score (nSPS) is 11.8. The molecule has 21 heavy (non-hydrogen) atoms. The molecular weight excluding hydrogens is 260 g/mol. The van der Waals surface area contributed by atoms with Crippen molar-refractivity contribution in [2.45, 2.75) is 13.8 Å². The van der Waals surface area contributed by atoms with E-state index >= 15 is 0 Å². The molecule has 105 valence electrons. The van der Waals surface area contributed by atoms with Gasteiger partial charge in [-0.15, -0.1) is 0 Å². The Balaban J connectivity index is 1.94. The molecule has 3 aromatic rings. The van der Waals surface area contributed by atoms with Crippen LogP contribution in [0.15, 0.2) is 54.4 Å². The molecular formula is C17H17N4. The summed E-state index contributed by atoms with van der Waals surface area (Å²) >= 11 is 0. The number of fused-ring (bicyclic) bond motifs is 1. The first kappa shape index (κ1) is 13.4.